The lowest BCUT2D eigenvalue weighted by atomic mass is 10.1. The molecule has 2 N–H and O–H groups in total. The lowest BCUT2D eigenvalue weighted by Gasteiger charge is -2.13. The molecule has 0 aromatic heterocycles. The van der Waals surface area contributed by atoms with E-state index in [1.54, 1.807) is 35.6 Å². The Labute approximate surface area is 147 Å². The van der Waals surface area contributed by atoms with E-state index in [0.717, 1.165) is 0 Å². The van der Waals surface area contributed by atoms with Gasteiger partial charge in [-0.25, -0.2) is 0 Å². The highest BCUT2D eigenvalue weighted by Gasteiger charge is 2.38. The van der Waals surface area contributed by atoms with Crippen molar-refractivity contribution in [2.24, 2.45) is 0 Å². The summed E-state index contributed by atoms with van der Waals surface area (Å²) < 4.78 is 37.1. The lowest BCUT2D eigenvalue weighted by molar-refractivity contribution is -0.167. The maximum atomic E-state index is 12.4. The van der Waals surface area contributed by atoms with Gasteiger partial charge in [0, 0.05) is 17.3 Å². The number of para-hydroxylation sites is 1. The molecule has 0 fully saturated rings. The van der Waals surface area contributed by atoms with Crippen molar-refractivity contribution in [3.05, 3.63) is 64.7 Å². The molecule has 0 heterocycles. The highest BCUT2D eigenvalue weighted by Crippen LogP contribution is 2.21. The van der Waals surface area contributed by atoms with Crippen LogP contribution in [0.25, 0.3) is 0 Å². The Morgan fingerprint density at radius 1 is 1.04 bits per heavy atom. The summed E-state index contributed by atoms with van der Waals surface area (Å²) in [5.74, 6) is -2.38. The molecule has 0 unspecified atom stereocenters. The van der Waals surface area contributed by atoms with Crippen LogP contribution in [0.4, 0.5) is 18.9 Å². The van der Waals surface area contributed by atoms with Crippen molar-refractivity contribution < 1.29 is 22.8 Å². The molecule has 0 saturated carbocycles. The van der Waals surface area contributed by atoms with E-state index in [9.17, 15) is 22.8 Å². The molecule has 0 aliphatic carbocycles. The fourth-order valence-electron chi connectivity index (χ4n) is 2.08. The van der Waals surface area contributed by atoms with Crippen molar-refractivity contribution >= 4 is 29.1 Å². The van der Waals surface area contributed by atoms with E-state index >= 15 is 0 Å². The molecule has 4 nitrogen and oxygen atoms in total. The molecule has 2 rings (SSSR count). The van der Waals surface area contributed by atoms with Crippen LogP contribution in [-0.4, -0.2) is 18.0 Å². The van der Waals surface area contributed by atoms with Gasteiger partial charge in [-0.2, -0.15) is 13.2 Å². The molecule has 0 atom stereocenters. The Bertz CT molecular complexity index is 778. The number of halogens is 4. The second-order valence-electron chi connectivity index (χ2n) is 5.19. The van der Waals surface area contributed by atoms with Gasteiger partial charge in [-0.1, -0.05) is 41.9 Å². The van der Waals surface area contributed by atoms with E-state index in [1.807, 2.05) is 0 Å². The molecule has 8 heteroatoms. The van der Waals surface area contributed by atoms with Gasteiger partial charge in [0.1, 0.15) is 0 Å². The minimum absolute atomic E-state index is 0.00659. The minimum Gasteiger partial charge on any atom is -0.352 e. The Morgan fingerprint density at radius 2 is 1.76 bits per heavy atom. The van der Waals surface area contributed by atoms with Crippen LogP contribution in [0.1, 0.15) is 11.1 Å². The summed E-state index contributed by atoms with van der Waals surface area (Å²) in [4.78, 5) is 23.0. The first-order chi connectivity index (χ1) is 11.8. The third-order valence-corrected chi connectivity index (χ3v) is 3.49. The highest BCUT2D eigenvalue weighted by molar-refractivity contribution is 6.30. The summed E-state index contributed by atoms with van der Waals surface area (Å²) in [7, 11) is 0. The van der Waals surface area contributed by atoms with Gasteiger partial charge in [0.2, 0.25) is 5.91 Å². The molecular weight excluding hydrogens is 357 g/mol. The van der Waals surface area contributed by atoms with Crippen LogP contribution in [0.2, 0.25) is 5.02 Å². The van der Waals surface area contributed by atoms with E-state index in [-0.39, 0.29) is 24.6 Å². The predicted octanol–water partition coefficient (Wildman–Crippen LogP) is 3.70. The Balaban J connectivity index is 1.98. The minimum atomic E-state index is -4.98. The van der Waals surface area contributed by atoms with Gasteiger partial charge in [-0.3, -0.25) is 9.59 Å². The molecule has 2 amide bonds. The molecule has 132 valence electrons. The summed E-state index contributed by atoms with van der Waals surface area (Å²) in [5.41, 5.74) is 1.07. The van der Waals surface area contributed by atoms with Gasteiger partial charge in [0.25, 0.3) is 0 Å². The zero-order valence-electron chi connectivity index (χ0n) is 12.9. The third-order valence-electron chi connectivity index (χ3n) is 3.25. The molecule has 0 bridgehead atoms. The Morgan fingerprint density at radius 3 is 2.44 bits per heavy atom. The molecular formula is C17H14ClF3N2O2. The molecule has 0 aliphatic rings. The summed E-state index contributed by atoms with van der Waals surface area (Å²) in [6.45, 7) is -0.0201. The van der Waals surface area contributed by atoms with Crippen LogP contribution in [0.5, 0.6) is 0 Å². The van der Waals surface area contributed by atoms with Crippen molar-refractivity contribution in [2.75, 3.05) is 5.32 Å². The van der Waals surface area contributed by atoms with Crippen molar-refractivity contribution in [1.82, 2.24) is 5.32 Å². The fraction of sp³-hybridized carbons (Fsp3) is 0.176. The second-order valence-corrected chi connectivity index (χ2v) is 5.63. The van der Waals surface area contributed by atoms with Gasteiger partial charge in [0.15, 0.2) is 0 Å². The molecule has 0 aliphatic heterocycles. The Hall–Kier alpha value is -2.54. The van der Waals surface area contributed by atoms with Crippen molar-refractivity contribution in [2.45, 2.75) is 19.1 Å². The topological polar surface area (TPSA) is 58.2 Å². The van der Waals surface area contributed by atoms with Gasteiger partial charge in [0.05, 0.1) is 6.42 Å². The number of alkyl halides is 3. The summed E-state index contributed by atoms with van der Waals surface area (Å²) in [5, 5.41) is 4.91. The van der Waals surface area contributed by atoms with E-state index in [2.05, 4.69) is 5.32 Å². The maximum absolute atomic E-state index is 12.4. The highest BCUT2D eigenvalue weighted by atomic mass is 35.5. The average molecular weight is 371 g/mol. The number of rotatable bonds is 5. The van der Waals surface area contributed by atoms with Gasteiger partial charge >= 0.3 is 12.1 Å². The van der Waals surface area contributed by atoms with Gasteiger partial charge in [-0.05, 0) is 29.3 Å². The van der Waals surface area contributed by atoms with Crippen LogP contribution in [0, 0.1) is 0 Å². The van der Waals surface area contributed by atoms with Gasteiger partial charge < -0.3 is 10.6 Å². The lowest BCUT2D eigenvalue weighted by Crippen LogP contribution is -2.31. The van der Waals surface area contributed by atoms with Crippen LogP contribution >= 0.6 is 11.6 Å². The molecule has 2 aromatic rings. The van der Waals surface area contributed by atoms with E-state index in [0.29, 0.717) is 16.1 Å². The first-order valence-electron chi connectivity index (χ1n) is 7.23. The van der Waals surface area contributed by atoms with Crippen molar-refractivity contribution in [3.63, 3.8) is 0 Å². The summed E-state index contributed by atoms with van der Waals surface area (Å²) >= 11 is 5.84. The van der Waals surface area contributed by atoms with Crippen molar-refractivity contribution in [1.29, 1.82) is 0 Å². The largest absolute Gasteiger partial charge is 0.471 e. The predicted molar refractivity (Wildman–Crippen MR) is 88.1 cm³/mol. The zero-order chi connectivity index (χ0) is 18.4. The number of carbonyl (C=O) groups excluding carboxylic acids is 2. The fourth-order valence-corrected chi connectivity index (χ4v) is 2.29. The van der Waals surface area contributed by atoms with Gasteiger partial charge in [-0.15, -0.1) is 0 Å². The number of amides is 2. The zero-order valence-corrected chi connectivity index (χ0v) is 13.6. The monoisotopic (exact) mass is 370 g/mol. The molecule has 0 saturated heterocycles. The number of nitrogens with one attached hydrogen (secondary N) is 2. The molecule has 0 spiro atoms. The van der Waals surface area contributed by atoms with Crippen molar-refractivity contribution in [3.8, 4) is 0 Å². The Kier molecular flexibility index (Phi) is 6.03. The van der Waals surface area contributed by atoms with E-state index < -0.39 is 12.1 Å². The molecule has 2 aromatic carbocycles. The average Bonchev–Trinajstić information content (AvgIpc) is 2.53. The van der Waals surface area contributed by atoms with E-state index in [4.69, 9.17) is 11.6 Å². The van der Waals surface area contributed by atoms with E-state index in [1.165, 1.54) is 18.2 Å². The number of hydrogen-bond acceptors (Lipinski definition) is 2. The smallest absolute Gasteiger partial charge is 0.352 e. The van der Waals surface area contributed by atoms with Crippen LogP contribution in [-0.2, 0) is 22.6 Å². The summed E-state index contributed by atoms with van der Waals surface area (Å²) in [6.07, 6.45) is -4.90. The maximum Gasteiger partial charge on any atom is 0.471 e. The number of anilines is 1. The molecule has 0 radical (unpaired) electrons. The molecule has 25 heavy (non-hydrogen) atoms. The quantitative estimate of drug-likeness (QED) is 0.843. The third kappa shape index (κ3) is 5.79. The normalized spacial score (nSPS) is 11.0. The standard InChI is InChI=1S/C17H14ClF3N2O2/c18-13-6-3-4-11(8-13)9-15(24)22-10-12-5-1-2-7-14(12)23-16(25)17(19,20)21/h1-8H,9-10H2,(H,22,24)(H,23,25). The van der Waals surface area contributed by atoms with Crippen LogP contribution < -0.4 is 10.6 Å². The number of carbonyl (C=O) groups is 2. The first-order valence-corrected chi connectivity index (χ1v) is 7.61. The first kappa shape index (κ1) is 18.8. The van der Waals surface area contributed by atoms with Crippen LogP contribution in [0.3, 0.4) is 0 Å². The summed E-state index contributed by atoms with van der Waals surface area (Å²) in [6, 6.07) is 12.7. The second kappa shape index (κ2) is 8.02. The number of benzene rings is 2. The van der Waals surface area contributed by atoms with Crippen LogP contribution in [0.15, 0.2) is 48.5 Å². The number of hydrogen-bond donors (Lipinski definition) is 2. The SMILES string of the molecule is O=C(Cc1cccc(Cl)c1)NCc1ccccc1NC(=O)C(F)(F)F.